The van der Waals surface area contributed by atoms with Gasteiger partial charge in [-0.15, -0.1) is 0 Å². The number of hydrogen-bond acceptors (Lipinski definition) is 6. The SMILES string of the molecule is C/C(=C\c1ccccc1)C1C2=C(Sc3[nH]c(=O)sc31)C(=O)c1cccc(O)c1C2=O. The lowest BCUT2D eigenvalue weighted by Gasteiger charge is -2.30. The maximum absolute atomic E-state index is 13.5. The van der Waals surface area contributed by atoms with Gasteiger partial charge in [-0.2, -0.15) is 0 Å². The summed E-state index contributed by atoms with van der Waals surface area (Å²) >= 11 is 2.17. The minimum absolute atomic E-state index is 0.0330. The summed E-state index contributed by atoms with van der Waals surface area (Å²) in [6, 6.07) is 14.2. The molecule has 0 amide bonds. The second-order valence-corrected chi connectivity index (χ2v) is 9.18. The van der Waals surface area contributed by atoms with E-state index in [0.29, 0.717) is 20.4 Å². The number of phenols is 1. The molecule has 0 fully saturated rings. The van der Waals surface area contributed by atoms with Crippen LogP contribution in [-0.4, -0.2) is 21.7 Å². The lowest BCUT2D eigenvalue weighted by Crippen LogP contribution is -2.27. The molecule has 1 unspecified atom stereocenters. The number of fused-ring (bicyclic) bond motifs is 2. The molecule has 0 spiro atoms. The van der Waals surface area contributed by atoms with E-state index in [2.05, 4.69) is 4.98 Å². The molecular formula is C23H15NO4S2. The van der Waals surface area contributed by atoms with E-state index in [1.807, 2.05) is 43.3 Å². The van der Waals surface area contributed by atoms with Crippen molar-refractivity contribution in [3.05, 3.63) is 95.8 Å². The number of nitrogens with one attached hydrogen (secondary N) is 1. The molecule has 148 valence electrons. The van der Waals surface area contributed by atoms with Gasteiger partial charge in [0, 0.05) is 17.1 Å². The van der Waals surface area contributed by atoms with E-state index >= 15 is 0 Å². The number of allylic oxidation sites excluding steroid dienone is 3. The van der Waals surface area contributed by atoms with E-state index in [-0.39, 0.29) is 33.3 Å². The molecule has 5 rings (SSSR count). The number of hydrogen-bond donors (Lipinski definition) is 2. The van der Waals surface area contributed by atoms with Crippen LogP contribution in [0.2, 0.25) is 0 Å². The van der Waals surface area contributed by atoms with Gasteiger partial charge in [-0.25, -0.2) is 0 Å². The first kappa shape index (κ1) is 18.8. The summed E-state index contributed by atoms with van der Waals surface area (Å²) < 4.78 is 0. The van der Waals surface area contributed by atoms with Crippen molar-refractivity contribution in [1.82, 2.24) is 4.98 Å². The molecule has 0 radical (unpaired) electrons. The minimum Gasteiger partial charge on any atom is -0.507 e. The van der Waals surface area contributed by atoms with Crippen molar-refractivity contribution < 1.29 is 14.7 Å². The number of carbonyl (C=O) groups is 2. The van der Waals surface area contributed by atoms with Gasteiger partial charge in [0.25, 0.3) is 0 Å². The first-order chi connectivity index (χ1) is 14.5. The van der Waals surface area contributed by atoms with Crippen LogP contribution in [0.3, 0.4) is 0 Å². The molecule has 2 aliphatic rings. The van der Waals surface area contributed by atoms with Crippen molar-refractivity contribution in [2.24, 2.45) is 0 Å². The topological polar surface area (TPSA) is 87.2 Å². The maximum Gasteiger partial charge on any atom is 0.305 e. The van der Waals surface area contributed by atoms with Crippen molar-refractivity contribution in [3.8, 4) is 5.75 Å². The molecule has 1 atom stereocenters. The number of phenolic OH excluding ortho intramolecular Hbond substituents is 1. The minimum atomic E-state index is -0.537. The predicted molar refractivity (Wildman–Crippen MR) is 117 cm³/mol. The second kappa shape index (κ2) is 6.97. The first-order valence-electron chi connectivity index (χ1n) is 9.25. The van der Waals surface area contributed by atoms with Gasteiger partial charge in [-0.05, 0) is 24.6 Å². The Morgan fingerprint density at radius 1 is 1.03 bits per heavy atom. The quantitative estimate of drug-likeness (QED) is 0.608. The molecule has 3 aromatic rings. The molecule has 0 saturated heterocycles. The number of ketones is 2. The Balaban J connectivity index is 1.75. The van der Waals surface area contributed by atoms with Crippen molar-refractivity contribution in [2.75, 3.05) is 0 Å². The molecule has 2 N–H and O–H groups in total. The van der Waals surface area contributed by atoms with E-state index < -0.39 is 5.92 Å². The highest BCUT2D eigenvalue weighted by Gasteiger charge is 2.43. The summed E-state index contributed by atoms with van der Waals surface area (Å²) in [7, 11) is 0. The van der Waals surface area contributed by atoms with Crippen molar-refractivity contribution >= 4 is 40.7 Å². The van der Waals surface area contributed by atoms with Crippen LogP contribution in [0.4, 0.5) is 0 Å². The van der Waals surface area contributed by atoms with Gasteiger partial charge in [0.2, 0.25) is 5.78 Å². The number of thiazole rings is 1. The Kier molecular flexibility index (Phi) is 4.38. The van der Waals surface area contributed by atoms with E-state index in [0.717, 1.165) is 34.2 Å². The fourth-order valence-electron chi connectivity index (χ4n) is 3.97. The molecule has 1 aliphatic carbocycles. The van der Waals surface area contributed by atoms with E-state index in [9.17, 15) is 19.5 Å². The normalized spacial score (nSPS) is 18.2. The Bertz CT molecular complexity index is 1350. The van der Waals surface area contributed by atoms with Crippen molar-refractivity contribution in [3.63, 3.8) is 0 Å². The van der Waals surface area contributed by atoms with Gasteiger partial charge < -0.3 is 10.1 Å². The standard InChI is InChI=1S/C23H15NO4S2/c1-11(10-12-6-3-2-4-7-12)15-17-19(27)16-13(8-5-9-14(16)25)18(26)20(17)29-22-21(15)30-23(28)24-22/h2-10,15,25H,1H3,(H,24,28)/b11-10+. The van der Waals surface area contributed by atoms with Crippen LogP contribution in [-0.2, 0) is 0 Å². The molecular weight excluding hydrogens is 418 g/mol. The van der Waals surface area contributed by atoms with Gasteiger partial charge in [0.15, 0.2) is 5.78 Å². The van der Waals surface area contributed by atoms with Crippen LogP contribution in [0.1, 0.15) is 44.0 Å². The van der Waals surface area contributed by atoms with Gasteiger partial charge in [-0.3, -0.25) is 14.4 Å². The fraction of sp³-hybridized carbons (Fsp3) is 0.0870. The summed E-state index contributed by atoms with van der Waals surface area (Å²) in [6.07, 6.45) is 1.96. The molecule has 30 heavy (non-hydrogen) atoms. The van der Waals surface area contributed by atoms with Crippen molar-refractivity contribution in [1.29, 1.82) is 0 Å². The first-order valence-corrected chi connectivity index (χ1v) is 10.9. The highest BCUT2D eigenvalue weighted by Crippen LogP contribution is 2.52. The molecule has 2 heterocycles. The summed E-state index contributed by atoms with van der Waals surface area (Å²) in [5.74, 6) is -1.43. The number of aromatic amines is 1. The molecule has 5 nitrogen and oxygen atoms in total. The van der Waals surface area contributed by atoms with Crippen LogP contribution >= 0.6 is 23.1 Å². The third kappa shape index (κ3) is 2.81. The van der Waals surface area contributed by atoms with E-state index in [4.69, 9.17) is 0 Å². The Morgan fingerprint density at radius 3 is 2.57 bits per heavy atom. The number of benzene rings is 2. The van der Waals surface area contributed by atoms with Gasteiger partial charge >= 0.3 is 4.87 Å². The van der Waals surface area contributed by atoms with Crippen molar-refractivity contribution in [2.45, 2.75) is 17.9 Å². The number of carbonyl (C=O) groups excluding carboxylic acids is 2. The maximum atomic E-state index is 13.5. The van der Waals surface area contributed by atoms with Crippen LogP contribution in [0.5, 0.6) is 5.75 Å². The molecule has 0 saturated carbocycles. The fourth-order valence-corrected chi connectivity index (χ4v) is 6.29. The Hall–Kier alpha value is -3.16. The zero-order valence-electron chi connectivity index (χ0n) is 15.8. The van der Waals surface area contributed by atoms with Crippen LogP contribution in [0.15, 0.2) is 74.4 Å². The number of thioether (sulfide) groups is 1. The number of Topliss-reactive ketones (excluding diaryl/α,β-unsaturated/α-hetero) is 2. The van der Waals surface area contributed by atoms with Gasteiger partial charge in [0.1, 0.15) is 5.75 Å². The molecule has 2 aromatic carbocycles. The molecule has 1 aromatic heterocycles. The summed E-state index contributed by atoms with van der Waals surface area (Å²) in [5.41, 5.74) is 2.34. The average molecular weight is 434 g/mol. The van der Waals surface area contributed by atoms with E-state index in [1.165, 1.54) is 6.07 Å². The molecule has 1 aliphatic heterocycles. The van der Waals surface area contributed by atoms with E-state index in [1.54, 1.807) is 12.1 Å². The monoisotopic (exact) mass is 433 g/mol. The third-order valence-electron chi connectivity index (χ3n) is 5.26. The van der Waals surface area contributed by atoms with Crippen LogP contribution in [0, 0.1) is 0 Å². The number of H-pyrrole nitrogens is 1. The highest BCUT2D eigenvalue weighted by atomic mass is 32.2. The zero-order valence-corrected chi connectivity index (χ0v) is 17.4. The number of aromatic hydroxyl groups is 1. The van der Waals surface area contributed by atoms with Gasteiger partial charge in [0.05, 0.1) is 20.4 Å². The smallest absolute Gasteiger partial charge is 0.305 e. The lowest BCUT2D eigenvalue weighted by atomic mass is 9.79. The Labute approximate surface area is 179 Å². The molecule has 7 heteroatoms. The lowest BCUT2D eigenvalue weighted by molar-refractivity contribution is 0.0974. The summed E-state index contributed by atoms with van der Waals surface area (Å²) in [5, 5.41) is 10.9. The number of rotatable bonds is 2. The summed E-state index contributed by atoms with van der Waals surface area (Å²) in [4.78, 5) is 42.5. The van der Waals surface area contributed by atoms with Gasteiger partial charge in [-0.1, -0.05) is 71.1 Å². The predicted octanol–water partition coefficient (Wildman–Crippen LogP) is 4.77. The third-order valence-corrected chi connectivity index (χ3v) is 7.47. The summed E-state index contributed by atoms with van der Waals surface area (Å²) in [6.45, 7) is 1.89. The van der Waals surface area contributed by atoms with Crippen LogP contribution in [0.25, 0.3) is 6.08 Å². The average Bonchev–Trinajstić information content (AvgIpc) is 3.10. The Morgan fingerprint density at radius 2 is 1.80 bits per heavy atom. The van der Waals surface area contributed by atoms with Crippen LogP contribution < -0.4 is 4.87 Å². The largest absolute Gasteiger partial charge is 0.507 e. The molecule has 0 bridgehead atoms. The highest BCUT2D eigenvalue weighted by molar-refractivity contribution is 8.04. The number of aromatic nitrogens is 1. The zero-order chi connectivity index (χ0) is 21.0. The second-order valence-electron chi connectivity index (χ2n) is 7.14.